The maximum Gasteiger partial charge on any atom is 0.405 e. The number of carbonyl (C=O) groups excluding carboxylic acids is 2. The summed E-state index contributed by atoms with van der Waals surface area (Å²) >= 11 is 0. The molecule has 2 aliphatic heterocycles. The molecule has 12 heteroatoms. The van der Waals surface area contributed by atoms with Crippen LogP contribution >= 0.6 is 0 Å². The van der Waals surface area contributed by atoms with Crippen LogP contribution in [0.25, 0.3) is 0 Å². The number of hydrogen-bond acceptors (Lipinski definition) is 6. The highest BCUT2D eigenvalue weighted by Gasteiger charge is 2.46. The molecule has 4 atom stereocenters. The normalized spacial score (nSPS) is 22.6. The molecular formula is C24H26F3N3O6. The van der Waals surface area contributed by atoms with E-state index in [2.05, 4.69) is 10.6 Å². The molecular weight excluding hydrogens is 483 g/mol. The first-order valence-corrected chi connectivity index (χ1v) is 11.3. The number of rotatable bonds is 7. The minimum Gasteiger partial charge on any atom is -0.497 e. The van der Waals surface area contributed by atoms with Gasteiger partial charge in [0.25, 0.3) is 0 Å². The standard InChI is InChI=1S/C24H26F3N3O6/c1-34-15-5-2-13(3-6-15)29-23(33)30-14-4-7-19-17(8-14)18-9-16(35-20(11-31)22(18)36-19)10-21(32)28-12-24(25,26)27/h2-8,16,18,20,22,31H,9-12H2,1H3,(H,28,32)(H2,29,30,33)/t16-,18-,20-,22+/m0/s1. The first-order chi connectivity index (χ1) is 17.1. The Kier molecular flexibility index (Phi) is 7.55. The van der Waals surface area contributed by atoms with Crippen molar-refractivity contribution >= 4 is 23.3 Å². The zero-order valence-electron chi connectivity index (χ0n) is 19.3. The molecule has 3 amide bonds. The lowest BCUT2D eigenvalue weighted by Crippen LogP contribution is -2.47. The summed E-state index contributed by atoms with van der Waals surface area (Å²) in [4.78, 5) is 24.5. The number of anilines is 2. The topological polar surface area (TPSA) is 118 Å². The van der Waals surface area contributed by atoms with E-state index < -0.39 is 43.0 Å². The van der Waals surface area contributed by atoms with Gasteiger partial charge in [-0.15, -0.1) is 0 Å². The monoisotopic (exact) mass is 509 g/mol. The van der Waals surface area contributed by atoms with E-state index in [9.17, 15) is 27.9 Å². The van der Waals surface area contributed by atoms with Crippen LogP contribution in [0.5, 0.6) is 11.5 Å². The van der Waals surface area contributed by atoms with E-state index in [4.69, 9.17) is 14.2 Å². The van der Waals surface area contributed by atoms with Crippen LogP contribution in [0.1, 0.15) is 24.3 Å². The molecule has 0 aromatic heterocycles. The van der Waals surface area contributed by atoms with Crippen LogP contribution in [0.3, 0.4) is 0 Å². The third kappa shape index (κ3) is 6.18. The Hall–Kier alpha value is -3.51. The van der Waals surface area contributed by atoms with Gasteiger partial charge < -0.3 is 35.3 Å². The molecule has 2 heterocycles. The highest BCUT2D eigenvalue weighted by atomic mass is 19.4. The minimum absolute atomic E-state index is 0.280. The zero-order valence-corrected chi connectivity index (χ0v) is 19.3. The van der Waals surface area contributed by atoms with E-state index in [0.29, 0.717) is 29.3 Å². The van der Waals surface area contributed by atoms with Crippen LogP contribution in [-0.2, 0) is 9.53 Å². The molecule has 4 rings (SSSR count). The van der Waals surface area contributed by atoms with Crippen molar-refractivity contribution in [3.05, 3.63) is 48.0 Å². The average Bonchev–Trinajstić information content (AvgIpc) is 3.20. The van der Waals surface area contributed by atoms with Gasteiger partial charge in [0.2, 0.25) is 5.91 Å². The van der Waals surface area contributed by atoms with Crippen LogP contribution in [0.4, 0.5) is 29.3 Å². The number of nitrogens with one attached hydrogen (secondary N) is 3. The predicted octanol–water partition coefficient (Wildman–Crippen LogP) is 3.40. The summed E-state index contributed by atoms with van der Waals surface area (Å²) < 4.78 is 54.0. The molecule has 0 aliphatic carbocycles. The molecule has 2 aromatic carbocycles. The van der Waals surface area contributed by atoms with E-state index in [1.54, 1.807) is 49.6 Å². The van der Waals surface area contributed by atoms with Crippen molar-refractivity contribution < 1.29 is 42.1 Å². The smallest absolute Gasteiger partial charge is 0.405 e. The summed E-state index contributed by atoms with van der Waals surface area (Å²) in [6, 6.07) is 11.5. The van der Waals surface area contributed by atoms with Crippen LogP contribution in [-0.4, -0.2) is 61.8 Å². The third-order valence-corrected chi connectivity index (χ3v) is 6.00. The lowest BCUT2D eigenvalue weighted by atomic mass is 9.84. The Morgan fingerprint density at radius 1 is 1.11 bits per heavy atom. The molecule has 2 aromatic rings. The molecule has 4 N–H and O–H groups in total. The van der Waals surface area contributed by atoms with Crippen molar-refractivity contribution in [1.29, 1.82) is 0 Å². The van der Waals surface area contributed by atoms with E-state index in [0.717, 1.165) is 5.56 Å². The van der Waals surface area contributed by atoms with Gasteiger partial charge in [-0.25, -0.2) is 4.79 Å². The number of methoxy groups -OCH3 is 1. The molecule has 36 heavy (non-hydrogen) atoms. The van der Waals surface area contributed by atoms with Crippen LogP contribution in [0, 0.1) is 0 Å². The minimum atomic E-state index is -4.51. The molecule has 0 bridgehead atoms. The number of urea groups is 1. The molecule has 194 valence electrons. The first kappa shape index (κ1) is 25.6. The SMILES string of the molecule is COc1ccc(NC(=O)Nc2ccc3c(c2)[C@@H]2C[C@@H](CC(=O)NCC(F)(F)F)O[C@@H](CO)[C@@H]2O3)cc1. The lowest BCUT2D eigenvalue weighted by molar-refractivity contribution is -0.149. The molecule has 2 aliphatic rings. The van der Waals surface area contributed by atoms with Gasteiger partial charge >= 0.3 is 12.2 Å². The van der Waals surface area contributed by atoms with Crippen LogP contribution < -0.4 is 25.4 Å². The van der Waals surface area contributed by atoms with Gasteiger partial charge in [-0.2, -0.15) is 13.2 Å². The van der Waals surface area contributed by atoms with E-state index in [1.165, 1.54) is 0 Å². The van der Waals surface area contributed by atoms with E-state index in [-0.39, 0.29) is 18.9 Å². The fraction of sp³-hybridized carbons (Fsp3) is 0.417. The van der Waals surface area contributed by atoms with Gasteiger partial charge in [-0.1, -0.05) is 0 Å². The van der Waals surface area contributed by atoms with Crippen molar-refractivity contribution in [1.82, 2.24) is 5.32 Å². The van der Waals surface area contributed by atoms with Crippen LogP contribution in [0.15, 0.2) is 42.5 Å². The van der Waals surface area contributed by atoms with Crippen molar-refractivity contribution in [3.8, 4) is 11.5 Å². The summed E-state index contributed by atoms with van der Waals surface area (Å²) in [5.74, 6) is 0.133. The number of fused-ring (bicyclic) bond motifs is 3. The van der Waals surface area contributed by atoms with Gasteiger partial charge in [-0.05, 0) is 48.9 Å². The number of benzene rings is 2. The molecule has 0 spiro atoms. The Morgan fingerprint density at radius 2 is 1.81 bits per heavy atom. The van der Waals surface area contributed by atoms with Crippen LogP contribution in [0.2, 0.25) is 0 Å². The van der Waals surface area contributed by atoms with Crippen molar-refractivity contribution in [2.45, 2.75) is 43.2 Å². The number of ether oxygens (including phenoxy) is 3. The first-order valence-electron chi connectivity index (χ1n) is 11.3. The average molecular weight is 509 g/mol. The van der Waals surface area contributed by atoms with E-state index >= 15 is 0 Å². The second-order valence-corrected chi connectivity index (χ2v) is 8.56. The fourth-order valence-corrected chi connectivity index (χ4v) is 4.41. The summed E-state index contributed by atoms with van der Waals surface area (Å²) in [5.41, 5.74) is 1.82. The maximum absolute atomic E-state index is 12.5. The quantitative estimate of drug-likeness (QED) is 0.455. The Morgan fingerprint density at radius 3 is 2.47 bits per heavy atom. The number of aliphatic hydroxyl groups excluding tert-OH is 1. The fourth-order valence-electron chi connectivity index (χ4n) is 4.41. The second kappa shape index (κ2) is 10.6. The summed E-state index contributed by atoms with van der Waals surface area (Å²) in [6.07, 6.45) is -6.48. The van der Waals surface area contributed by atoms with Gasteiger partial charge in [-0.3, -0.25) is 4.79 Å². The van der Waals surface area contributed by atoms with E-state index in [1.807, 2.05) is 5.32 Å². The zero-order chi connectivity index (χ0) is 25.9. The molecule has 9 nitrogen and oxygen atoms in total. The summed E-state index contributed by atoms with van der Waals surface area (Å²) in [7, 11) is 1.55. The number of amides is 3. The Labute approximate surface area is 204 Å². The molecule has 0 unspecified atom stereocenters. The Balaban J connectivity index is 1.42. The summed E-state index contributed by atoms with van der Waals surface area (Å²) in [6.45, 7) is -1.81. The highest BCUT2D eigenvalue weighted by molar-refractivity contribution is 5.99. The van der Waals surface area contributed by atoms with Crippen molar-refractivity contribution in [3.63, 3.8) is 0 Å². The molecule has 0 radical (unpaired) electrons. The van der Waals surface area contributed by atoms with Crippen molar-refractivity contribution in [2.75, 3.05) is 30.9 Å². The van der Waals surface area contributed by atoms with Crippen molar-refractivity contribution in [2.24, 2.45) is 0 Å². The molecule has 1 fully saturated rings. The number of hydrogen-bond donors (Lipinski definition) is 4. The maximum atomic E-state index is 12.5. The van der Waals surface area contributed by atoms with Gasteiger partial charge in [0.15, 0.2) is 0 Å². The number of aliphatic hydroxyl groups is 1. The lowest BCUT2D eigenvalue weighted by Gasteiger charge is -2.37. The van der Waals surface area contributed by atoms with Gasteiger partial charge in [0.1, 0.15) is 30.3 Å². The van der Waals surface area contributed by atoms with Gasteiger partial charge in [0.05, 0.1) is 26.2 Å². The largest absolute Gasteiger partial charge is 0.497 e. The highest BCUT2D eigenvalue weighted by Crippen LogP contribution is 2.47. The molecule has 1 saturated heterocycles. The molecule has 0 saturated carbocycles. The number of carbonyl (C=O) groups is 2. The number of alkyl halides is 3. The Bertz CT molecular complexity index is 1100. The van der Waals surface area contributed by atoms with Gasteiger partial charge in [0, 0.05) is 22.9 Å². The summed E-state index contributed by atoms with van der Waals surface area (Å²) in [5, 5.41) is 17.1. The predicted molar refractivity (Wildman–Crippen MR) is 123 cm³/mol. The number of halogens is 3. The third-order valence-electron chi connectivity index (χ3n) is 6.00. The second-order valence-electron chi connectivity index (χ2n) is 8.56.